The Morgan fingerprint density at radius 3 is 1.16 bits per heavy atom. The van der Waals surface area contributed by atoms with Crippen molar-refractivity contribution in [3.05, 3.63) is 175 Å². The van der Waals surface area contributed by atoms with Gasteiger partial charge in [-0.15, -0.1) is 0 Å². The third-order valence-corrected chi connectivity index (χ3v) is 10.2. The molecule has 6 aromatic carbocycles. The first-order valence-corrected chi connectivity index (χ1v) is 19.1. The summed E-state index contributed by atoms with van der Waals surface area (Å²) in [7, 11) is 0. The fraction of sp³-hybridized carbons (Fsp3) is 0.157. The van der Waals surface area contributed by atoms with E-state index >= 15 is 0 Å². The Labute approximate surface area is 330 Å². The van der Waals surface area contributed by atoms with Crippen LogP contribution in [0.1, 0.15) is 52.7 Å². The molecule has 56 heavy (non-hydrogen) atoms. The summed E-state index contributed by atoms with van der Waals surface area (Å²) in [6, 6.07) is 51.1. The van der Waals surface area contributed by atoms with Crippen molar-refractivity contribution in [3.63, 3.8) is 0 Å². The van der Waals surface area contributed by atoms with Crippen molar-refractivity contribution in [1.82, 2.24) is 24.9 Å². The number of nitrogens with zero attached hydrogens (tertiary/aromatic N) is 5. The molecule has 2 aromatic heterocycles. The number of hydrogen-bond donors (Lipinski definition) is 0. The summed E-state index contributed by atoms with van der Waals surface area (Å²) >= 11 is 0. The van der Waals surface area contributed by atoms with E-state index in [4.69, 9.17) is 15.0 Å². The second-order valence-corrected chi connectivity index (χ2v) is 16.4. The summed E-state index contributed by atoms with van der Waals surface area (Å²) in [5, 5.41) is 0. The quantitative estimate of drug-likeness (QED) is 0.164. The van der Waals surface area contributed by atoms with Crippen LogP contribution in [0, 0.1) is 0 Å². The average molecular weight is 728 g/mol. The molecule has 0 spiro atoms. The Hall–Kier alpha value is -6.59. The molecule has 0 atom stereocenters. The summed E-state index contributed by atoms with van der Waals surface area (Å²) < 4.78 is 0. The molecule has 0 saturated heterocycles. The van der Waals surface area contributed by atoms with E-state index in [0.717, 1.165) is 61.2 Å². The van der Waals surface area contributed by atoms with Crippen LogP contribution < -0.4 is 0 Å². The molecule has 0 unspecified atom stereocenters. The molecule has 274 valence electrons. The van der Waals surface area contributed by atoms with Crippen molar-refractivity contribution >= 4 is 0 Å². The van der Waals surface area contributed by atoms with Gasteiger partial charge < -0.3 is 0 Å². The van der Waals surface area contributed by atoms with E-state index in [1.54, 1.807) is 6.33 Å². The van der Waals surface area contributed by atoms with Crippen LogP contribution in [-0.4, -0.2) is 24.9 Å². The number of rotatable bonds is 7. The predicted molar refractivity (Wildman–Crippen MR) is 231 cm³/mol. The highest BCUT2D eigenvalue weighted by Crippen LogP contribution is 2.39. The van der Waals surface area contributed by atoms with Crippen molar-refractivity contribution < 1.29 is 0 Å². The van der Waals surface area contributed by atoms with Gasteiger partial charge >= 0.3 is 0 Å². The van der Waals surface area contributed by atoms with Gasteiger partial charge in [-0.3, -0.25) is 0 Å². The van der Waals surface area contributed by atoms with Crippen molar-refractivity contribution in [2.24, 2.45) is 0 Å². The molecule has 0 aliphatic heterocycles. The number of benzene rings is 6. The van der Waals surface area contributed by atoms with Gasteiger partial charge in [0, 0.05) is 34.6 Å². The van der Waals surface area contributed by atoms with Crippen LogP contribution in [0.15, 0.2) is 164 Å². The first kappa shape index (κ1) is 36.4. The van der Waals surface area contributed by atoms with Crippen LogP contribution in [0.2, 0.25) is 0 Å². The second-order valence-electron chi connectivity index (χ2n) is 16.4. The Morgan fingerprint density at radius 2 is 0.696 bits per heavy atom. The van der Waals surface area contributed by atoms with E-state index in [1.807, 2.05) is 36.7 Å². The van der Waals surface area contributed by atoms with Crippen molar-refractivity contribution in [2.45, 2.75) is 52.4 Å². The zero-order chi connectivity index (χ0) is 38.9. The molecule has 0 aliphatic rings. The monoisotopic (exact) mass is 727 g/mol. The molecule has 0 saturated carbocycles. The van der Waals surface area contributed by atoms with Crippen molar-refractivity contribution in [1.29, 1.82) is 0 Å². The lowest BCUT2D eigenvalue weighted by molar-refractivity contribution is 0.569. The molecule has 8 rings (SSSR count). The zero-order valence-corrected chi connectivity index (χ0v) is 32.8. The van der Waals surface area contributed by atoms with Crippen LogP contribution in [-0.2, 0) is 10.8 Å². The molecule has 0 bridgehead atoms. The molecule has 0 N–H and O–H groups in total. The van der Waals surface area contributed by atoms with Gasteiger partial charge in [-0.2, -0.15) is 0 Å². The zero-order valence-electron chi connectivity index (χ0n) is 32.8. The van der Waals surface area contributed by atoms with Crippen molar-refractivity contribution in [2.75, 3.05) is 0 Å². The van der Waals surface area contributed by atoms with Crippen LogP contribution in [0.4, 0.5) is 0 Å². The van der Waals surface area contributed by atoms with Crippen molar-refractivity contribution in [3.8, 4) is 78.7 Å². The molecule has 0 fully saturated rings. The van der Waals surface area contributed by atoms with Crippen LogP contribution in [0.5, 0.6) is 0 Å². The summed E-state index contributed by atoms with van der Waals surface area (Å²) in [6.45, 7) is 13.6. The van der Waals surface area contributed by atoms with Gasteiger partial charge in [-0.05, 0) is 79.1 Å². The van der Waals surface area contributed by atoms with Gasteiger partial charge in [0.25, 0.3) is 0 Å². The highest BCUT2D eigenvalue weighted by atomic mass is 15.0. The topological polar surface area (TPSA) is 64.5 Å². The minimum atomic E-state index is -0.0416. The first-order valence-electron chi connectivity index (χ1n) is 19.1. The highest BCUT2D eigenvalue weighted by Gasteiger charge is 2.23. The number of hydrogen-bond acceptors (Lipinski definition) is 5. The smallest absolute Gasteiger partial charge is 0.164 e. The van der Waals surface area contributed by atoms with Crippen LogP contribution in [0.25, 0.3) is 78.7 Å². The van der Waals surface area contributed by atoms with Gasteiger partial charge in [-0.25, -0.2) is 24.9 Å². The molecular weight excluding hydrogens is 683 g/mol. The minimum absolute atomic E-state index is 0.0416. The summed E-state index contributed by atoms with van der Waals surface area (Å²) in [6.07, 6.45) is 5.28. The normalized spacial score (nSPS) is 11.8. The third-order valence-electron chi connectivity index (χ3n) is 10.2. The van der Waals surface area contributed by atoms with E-state index in [1.165, 1.54) is 11.1 Å². The van der Waals surface area contributed by atoms with E-state index in [9.17, 15) is 0 Å². The third kappa shape index (κ3) is 7.67. The maximum Gasteiger partial charge on any atom is 0.164 e. The Balaban J connectivity index is 1.41. The van der Waals surface area contributed by atoms with E-state index in [2.05, 4.69) is 173 Å². The Kier molecular flexibility index (Phi) is 9.69. The van der Waals surface area contributed by atoms with Gasteiger partial charge in [0.15, 0.2) is 17.5 Å². The Morgan fingerprint density at radius 1 is 0.321 bits per heavy atom. The van der Waals surface area contributed by atoms with Crippen LogP contribution >= 0.6 is 0 Å². The van der Waals surface area contributed by atoms with Gasteiger partial charge in [0.2, 0.25) is 0 Å². The molecule has 5 heteroatoms. The first-order chi connectivity index (χ1) is 27.0. The molecule has 0 radical (unpaired) electrons. The average Bonchev–Trinajstić information content (AvgIpc) is 3.23. The maximum absolute atomic E-state index is 5.32. The lowest BCUT2D eigenvalue weighted by atomic mass is 9.78. The summed E-state index contributed by atoms with van der Waals surface area (Å²) in [4.78, 5) is 24.7. The molecule has 0 aliphatic carbocycles. The fourth-order valence-electron chi connectivity index (χ4n) is 7.04. The Bertz CT molecular complexity index is 2500. The molecular formula is C51H45N5. The second kappa shape index (κ2) is 14.9. The SMILES string of the molecule is CC(C)(C)c1cc(-c2cc(-c3cncnc3)cc(-c3nc(-c4ccccc4-c4ccccc4)nc(-c4ccccc4-c4ccccc4)n3)c2)cc(C(C)(C)C)c1. The van der Waals surface area contributed by atoms with Crippen LogP contribution in [0.3, 0.4) is 0 Å². The van der Waals surface area contributed by atoms with Gasteiger partial charge in [0.05, 0.1) is 0 Å². The summed E-state index contributed by atoms with van der Waals surface area (Å²) in [5.41, 5.74) is 13.6. The standard InChI is InChI=1S/C51H45N5/c1-50(2,3)41-28-38(29-42(30-41)51(4,5)6)36-25-37(40-31-52-33-53-32-40)27-39(26-36)47-54-48(45-23-15-13-21-43(45)34-17-9-7-10-18-34)56-49(55-47)46-24-16-14-22-44(46)35-19-11-8-12-20-35/h7-33H,1-6H3. The lowest BCUT2D eigenvalue weighted by Gasteiger charge is -2.26. The minimum Gasteiger partial charge on any atom is -0.244 e. The highest BCUT2D eigenvalue weighted by molar-refractivity contribution is 5.86. The predicted octanol–water partition coefficient (Wildman–Crippen LogP) is 12.9. The molecule has 2 heterocycles. The van der Waals surface area contributed by atoms with Gasteiger partial charge in [0.1, 0.15) is 6.33 Å². The lowest BCUT2D eigenvalue weighted by Crippen LogP contribution is -2.16. The van der Waals surface area contributed by atoms with E-state index < -0.39 is 0 Å². The molecule has 8 aromatic rings. The van der Waals surface area contributed by atoms with Gasteiger partial charge in [-0.1, -0.05) is 169 Å². The molecule has 5 nitrogen and oxygen atoms in total. The van der Waals surface area contributed by atoms with E-state index in [0.29, 0.717) is 17.5 Å². The molecule has 0 amide bonds. The maximum atomic E-state index is 5.32. The van der Waals surface area contributed by atoms with E-state index in [-0.39, 0.29) is 10.8 Å². The largest absolute Gasteiger partial charge is 0.244 e. The fourth-order valence-corrected chi connectivity index (χ4v) is 7.04. The number of aromatic nitrogens is 5. The summed E-state index contributed by atoms with van der Waals surface area (Å²) in [5.74, 6) is 1.79.